The fourth-order valence-electron chi connectivity index (χ4n) is 0.993. The van der Waals surface area contributed by atoms with Crippen molar-refractivity contribution >= 4 is 58.2 Å². The van der Waals surface area contributed by atoms with Crippen LogP contribution in [0.5, 0.6) is 0 Å². The summed E-state index contributed by atoms with van der Waals surface area (Å²) >= 11 is 19.1. The minimum absolute atomic E-state index is 0.140. The van der Waals surface area contributed by atoms with Crippen molar-refractivity contribution in [3.8, 4) is 0 Å². The van der Waals surface area contributed by atoms with Crippen molar-refractivity contribution in [1.82, 2.24) is 0 Å². The first-order chi connectivity index (χ1) is 7.45. The normalized spacial score (nSPS) is 12.3. The first-order valence-corrected chi connectivity index (χ1v) is 6.86. The summed E-state index contributed by atoms with van der Waals surface area (Å²) in [6.45, 7) is 1.80. The molecule has 1 aromatic carbocycles. The summed E-state index contributed by atoms with van der Waals surface area (Å²) in [6.07, 6.45) is 1.86. The number of anilines is 1. The summed E-state index contributed by atoms with van der Waals surface area (Å²) in [4.78, 5) is 11.7. The smallest absolute Gasteiger partial charge is 0.237 e. The highest BCUT2D eigenvalue weighted by atomic mass is 35.5. The van der Waals surface area contributed by atoms with Crippen molar-refractivity contribution in [3.63, 3.8) is 0 Å². The van der Waals surface area contributed by atoms with Gasteiger partial charge in [0.05, 0.1) is 21.0 Å². The van der Waals surface area contributed by atoms with Gasteiger partial charge in [-0.25, -0.2) is 0 Å². The minimum Gasteiger partial charge on any atom is -0.323 e. The molecule has 0 saturated carbocycles. The molecule has 0 aromatic heterocycles. The Morgan fingerprint density at radius 2 is 1.81 bits per heavy atom. The molecule has 16 heavy (non-hydrogen) atoms. The maximum Gasteiger partial charge on any atom is 0.237 e. The van der Waals surface area contributed by atoms with Gasteiger partial charge < -0.3 is 5.32 Å². The molecular formula is C10H10Cl3NOS. The molecule has 0 heterocycles. The van der Waals surface area contributed by atoms with E-state index in [1.807, 2.05) is 6.26 Å². The summed E-state index contributed by atoms with van der Waals surface area (Å²) in [5.74, 6) is -0.140. The number of hydrogen-bond donors (Lipinski definition) is 1. The maximum atomic E-state index is 11.7. The summed E-state index contributed by atoms with van der Waals surface area (Å²) < 4.78 is 0. The van der Waals surface area contributed by atoms with Gasteiger partial charge in [0.25, 0.3) is 0 Å². The second-order valence-corrected chi connectivity index (χ2v) is 5.54. The number of thioether (sulfide) groups is 1. The number of amides is 1. The molecule has 0 fully saturated rings. The van der Waals surface area contributed by atoms with Crippen molar-refractivity contribution in [1.29, 1.82) is 0 Å². The van der Waals surface area contributed by atoms with Gasteiger partial charge in [-0.3, -0.25) is 4.79 Å². The molecule has 1 N–H and O–H groups in total. The molecule has 0 aliphatic heterocycles. The maximum absolute atomic E-state index is 11.7. The monoisotopic (exact) mass is 297 g/mol. The summed E-state index contributed by atoms with van der Waals surface area (Å²) in [5.41, 5.74) is 0.402. The highest BCUT2D eigenvalue weighted by molar-refractivity contribution is 7.99. The summed E-state index contributed by atoms with van der Waals surface area (Å²) in [5, 5.41) is 3.61. The molecule has 1 unspecified atom stereocenters. The van der Waals surface area contributed by atoms with Crippen molar-refractivity contribution in [2.45, 2.75) is 12.2 Å². The van der Waals surface area contributed by atoms with Gasteiger partial charge in [-0.1, -0.05) is 34.8 Å². The quantitative estimate of drug-likeness (QED) is 0.899. The van der Waals surface area contributed by atoms with E-state index in [0.717, 1.165) is 0 Å². The van der Waals surface area contributed by atoms with Gasteiger partial charge in [0.2, 0.25) is 5.91 Å². The van der Waals surface area contributed by atoms with E-state index < -0.39 is 0 Å². The molecule has 88 valence electrons. The topological polar surface area (TPSA) is 29.1 Å². The highest BCUT2D eigenvalue weighted by Gasteiger charge is 2.15. The highest BCUT2D eigenvalue weighted by Crippen LogP contribution is 2.33. The first-order valence-electron chi connectivity index (χ1n) is 4.44. The third-order valence-corrected chi connectivity index (χ3v) is 3.71. The number of hydrogen-bond acceptors (Lipinski definition) is 2. The average Bonchev–Trinajstić information content (AvgIpc) is 2.21. The van der Waals surface area contributed by atoms with Crippen LogP contribution in [-0.4, -0.2) is 17.4 Å². The van der Waals surface area contributed by atoms with Crippen LogP contribution in [0, 0.1) is 0 Å². The number of nitrogens with one attached hydrogen (secondary N) is 1. The van der Waals surface area contributed by atoms with E-state index in [1.165, 1.54) is 23.9 Å². The van der Waals surface area contributed by atoms with E-state index in [9.17, 15) is 4.79 Å². The van der Waals surface area contributed by atoms with E-state index in [2.05, 4.69) is 5.32 Å². The zero-order valence-electron chi connectivity index (χ0n) is 8.68. The third-order valence-electron chi connectivity index (χ3n) is 1.98. The van der Waals surface area contributed by atoms with Gasteiger partial charge in [-0.05, 0) is 25.3 Å². The van der Waals surface area contributed by atoms with Gasteiger partial charge in [0.15, 0.2) is 0 Å². The van der Waals surface area contributed by atoms with Crippen LogP contribution in [0.2, 0.25) is 15.1 Å². The number of rotatable bonds is 3. The lowest BCUT2D eigenvalue weighted by atomic mass is 10.3. The van der Waals surface area contributed by atoms with Crippen LogP contribution < -0.4 is 5.32 Å². The molecule has 1 amide bonds. The molecule has 0 spiro atoms. The van der Waals surface area contributed by atoms with E-state index >= 15 is 0 Å². The number of carbonyl (C=O) groups is 1. The lowest BCUT2D eigenvalue weighted by Crippen LogP contribution is -2.22. The van der Waals surface area contributed by atoms with Crippen molar-refractivity contribution < 1.29 is 4.79 Å². The Hall–Kier alpha value is -0.0900. The van der Waals surface area contributed by atoms with Gasteiger partial charge in [-0.15, -0.1) is 0 Å². The van der Waals surface area contributed by atoms with Gasteiger partial charge in [0.1, 0.15) is 0 Å². The van der Waals surface area contributed by atoms with E-state index in [-0.39, 0.29) is 11.2 Å². The molecule has 0 aliphatic carbocycles. The van der Waals surface area contributed by atoms with Gasteiger partial charge in [-0.2, -0.15) is 11.8 Å². The predicted octanol–water partition coefficient (Wildman–Crippen LogP) is 4.34. The molecule has 0 aliphatic rings. The number of halogens is 3. The Morgan fingerprint density at radius 1 is 1.31 bits per heavy atom. The van der Waals surface area contributed by atoms with Crippen LogP contribution >= 0.6 is 46.6 Å². The van der Waals surface area contributed by atoms with Crippen LogP contribution in [0.15, 0.2) is 12.1 Å². The second kappa shape index (κ2) is 6.01. The van der Waals surface area contributed by atoms with Gasteiger partial charge >= 0.3 is 0 Å². The van der Waals surface area contributed by atoms with Crippen LogP contribution in [0.25, 0.3) is 0 Å². The van der Waals surface area contributed by atoms with Crippen LogP contribution in [-0.2, 0) is 4.79 Å². The zero-order valence-corrected chi connectivity index (χ0v) is 11.8. The molecule has 2 nitrogen and oxygen atoms in total. The van der Waals surface area contributed by atoms with E-state index in [0.29, 0.717) is 20.8 Å². The molecular weight excluding hydrogens is 289 g/mol. The zero-order chi connectivity index (χ0) is 12.3. The molecule has 1 rings (SSSR count). The summed E-state index contributed by atoms with van der Waals surface area (Å²) in [7, 11) is 0. The molecule has 1 aromatic rings. The van der Waals surface area contributed by atoms with Gasteiger partial charge in [0, 0.05) is 5.02 Å². The fourth-order valence-corrected chi connectivity index (χ4v) is 2.18. The molecule has 0 saturated heterocycles. The molecule has 6 heteroatoms. The Bertz CT molecular complexity index is 388. The molecule has 0 bridgehead atoms. The number of benzene rings is 1. The first kappa shape index (κ1) is 14.0. The van der Waals surface area contributed by atoms with E-state index in [1.54, 1.807) is 6.92 Å². The Balaban J connectivity index is 2.93. The Labute approximate surface area is 114 Å². The van der Waals surface area contributed by atoms with Crippen molar-refractivity contribution in [2.24, 2.45) is 0 Å². The van der Waals surface area contributed by atoms with Crippen LogP contribution in [0.4, 0.5) is 5.69 Å². The molecule has 0 radical (unpaired) electrons. The lowest BCUT2D eigenvalue weighted by molar-refractivity contribution is -0.115. The molecule has 1 atom stereocenters. The van der Waals surface area contributed by atoms with Crippen LogP contribution in [0.1, 0.15) is 6.92 Å². The average molecular weight is 299 g/mol. The third kappa shape index (κ3) is 3.45. The number of carbonyl (C=O) groups excluding carboxylic acids is 1. The summed E-state index contributed by atoms with van der Waals surface area (Å²) in [6, 6.07) is 3.07. The second-order valence-electron chi connectivity index (χ2n) is 3.11. The largest absolute Gasteiger partial charge is 0.323 e. The predicted molar refractivity (Wildman–Crippen MR) is 73.1 cm³/mol. The standard InChI is InChI=1S/C10H10Cl3NOS/c1-5(16-2)10(15)14-9-7(12)3-6(11)4-8(9)13/h3-5H,1-2H3,(H,14,15). The van der Waals surface area contributed by atoms with Crippen LogP contribution in [0.3, 0.4) is 0 Å². The lowest BCUT2D eigenvalue weighted by Gasteiger charge is -2.12. The van der Waals surface area contributed by atoms with E-state index in [4.69, 9.17) is 34.8 Å². The van der Waals surface area contributed by atoms with Crippen molar-refractivity contribution in [2.75, 3.05) is 11.6 Å². The Kier molecular flexibility index (Phi) is 5.25. The van der Waals surface area contributed by atoms with Crippen molar-refractivity contribution in [3.05, 3.63) is 27.2 Å². The Morgan fingerprint density at radius 3 is 2.25 bits per heavy atom. The SMILES string of the molecule is CSC(C)C(=O)Nc1c(Cl)cc(Cl)cc1Cl. The minimum atomic E-state index is -0.164. The fraction of sp³-hybridized carbons (Fsp3) is 0.300.